The van der Waals surface area contributed by atoms with E-state index in [9.17, 15) is 10.1 Å². The van der Waals surface area contributed by atoms with Crippen molar-refractivity contribution in [1.29, 1.82) is 5.26 Å². The maximum absolute atomic E-state index is 12.7. The van der Waals surface area contributed by atoms with E-state index in [4.69, 9.17) is 9.16 Å². The first-order valence-corrected chi connectivity index (χ1v) is 16.2. The van der Waals surface area contributed by atoms with E-state index in [1.807, 2.05) is 13.0 Å². The van der Waals surface area contributed by atoms with Crippen molar-refractivity contribution in [3.63, 3.8) is 0 Å². The molecule has 35 heavy (non-hydrogen) atoms. The zero-order valence-electron chi connectivity index (χ0n) is 22.6. The SMILES string of the molecule is CCOC(=O)C[C@@H]1CCC[C@]2(CCC/C2=C\C#N)N1[C@@H](CO[Si](C)(C)C(C)(C)C)c1ccccc1. The zero-order valence-corrected chi connectivity index (χ0v) is 23.6. The number of likely N-dealkylation sites (tertiary alicyclic amines) is 1. The number of rotatable bonds is 8. The molecule has 1 spiro atoms. The third kappa shape index (κ3) is 6.07. The Morgan fingerprint density at radius 2 is 1.94 bits per heavy atom. The monoisotopic (exact) mass is 496 g/mol. The predicted molar refractivity (Wildman–Crippen MR) is 143 cm³/mol. The molecule has 0 radical (unpaired) electrons. The van der Waals surface area contributed by atoms with E-state index in [0.717, 1.165) is 38.5 Å². The lowest BCUT2D eigenvalue weighted by atomic mass is 9.76. The number of allylic oxidation sites excluding steroid dienone is 1. The molecular formula is C29H44N2O3Si. The predicted octanol–water partition coefficient (Wildman–Crippen LogP) is 6.93. The molecule has 1 saturated heterocycles. The van der Waals surface area contributed by atoms with Crippen molar-refractivity contribution in [1.82, 2.24) is 4.90 Å². The van der Waals surface area contributed by atoms with E-state index < -0.39 is 8.32 Å². The van der Waals surface area contributed by atoms with Crippen LogP contribution < -0.4 is 0 Å². The Labute approximate surface area is 213 Å². The van der Waals surface area contributed by atoms with Gasteiger partial charge in [0.15, 0.2) is 8.32 Å². The van der Waals surface area contributed by atoms with Gasteiger partial charge in [0, 0.05) is 17.7 Å². The van der Waals surface area contributed by atoms with E-state index in [-0.39, 0.29) is 28.6 Å². The molecule has 0 unspecified atom stereocenters. The molecule has 1 aliphatic heterocycles. The molecule has 0 N–H and O–H groups in total. The van der Waals surface area contributed by atoms with E-state index in [0.29, 0.717) is 19.6 Å². The van der Waals surface area contributed by atoms with Crippen LogP contribution in [0.15, 0.2) is 42.0 Å². The van der Waals surface area contributed by atoms with Crippen LogP contribution in [-0.4, -0.2) is 44.0 Å². The molecule has 3 rings (SSSR count). The number of nitrogens with zero attached hydrogens (tertiary/aromatic N) is 2. The molecule has 1 aromatic rings. The van der Waals surface area contributed by atoms with Gasteiger partial charge in [-0.2, -0.15) is 5.26 Å². The van der Waals surface area contributed by atoms with Crippen molar-refractivity contribution in [3.8, 4) is 6.07 Å². The van der Waals surface area contributed by atoms with Crippen LogP contribution >= 0.6 is 0 Å². The minimum Gasteiger partial charge on any atom is -0.466 e. The smallest absolute Gasteiger partial charge is 0.307 e. The van der Waals surface area contributed by atoms with Gasteiger partial charge in [0.05, 0.1) is 31.7 Å². The van der Waals surface area contributed by atoms with Gasteiger partial charge in [-0.25, -0.2) is 0 Å². The molecule has 3 atom stereocenters. The standard InChI is InChI=1S/C29H44N2O3Si/c1-7-33-27(32)21-25-16-12-19-29(18-11-15-24(29)17-20-30)31(25)26(23-13-9-8-10-14-23)22-34-35(5,6)28(2,3)4/h8-10,13-14,17,25-26H,7,11-12,15-16,18-19,21-22H2,1-6H3/b24-17+/t25-,26-,29-/m0/s1. The molecule has 192 valence electrons. The summed E-state index contributed by atoms with van der Waals surface area (Å²) in [4.78, 5) is 15.3. The van der Waals surface area contributed by atoms with Crippen LogP contribution in [0.2, 0.25) is 18.1 Å². The fourth-order valence-electron chi connectivity index (χ4n) is 5.76. The van der Waals surface area contributed by atoms with Crippen LogP contribution in [0.1, 0.15) is 84.2 Å². The van der Waals surface area contributed by atoms with E-state index >= 15 is 0 Å². The number of benzene rings is 1. The highest BCUT2D eigenvalue weighted by Gasteiger charge is 2.52. The topological polar surface area (TPSA) is 62.6 Å². The van der Waals surface area contributed by atoms with Crippen LogP contribution in [-0.2, 0) is 14.0 Å². The maximum atomic E-state index is 12.7. The minimum absolute atomic E-state index is 0.00486. The number of hydrogen-bond acceptors (Lipinski definition) is 5. The molecule has 1 saturated carbocycles. The lowest BCUT2D eigenvalue weighted by molar-refractivity contribution is -0.146. The lowest BCUT2D eigenvalue weighted by Gasteiger charge is -2.54. The highest BCUT2D eigenvalue weighted by Crippen LogP contribution is 2.52. The quantitative estimate of drug-likeness (QED) is 0.222. The number of esters is 1. The van der Waals surface area contributed by atoms with Crippen molar-refractivity contribution >= 4 is 14.3 Å². The summed E-state index contributed by atoms with van der Waals surface area (Å²) in [5.41, 5.74) is 2.23. The number of carbonyl (C=O) groups excluding carboxylic acids is 1. The van der Waals surface area contributed by atoms with Crippen LogP contribution in [0, 0.1) is 11.3 Å². The summed E-state index contributed by atoms with van der Waals surface area (Å²) in [6, 6.07) is 13.0. The van der Waals surface area contributed by atoms with Gasteiger partial charge in [-0.1, -0.05) is 51.1 Å². The fourth-order valence-corrected chi connectivity index (χ4v) is 6.77. The van der Waals surface area contributed by atoms with Gasteiger partial charge in [-0.3, -0.25) is 9.69 Å². The molecule has 0 bridgehead atoms. The summed E-state index contributed by atoms with van der Waals surface area (Å²) >= 11 is 0. The highest BCUT2D eigenvalue weighted by molar-refractivity contribution is 6.74. The molecule has 0 aromatic heterocycles. The number of carbonyl (C=O) groups is 1. The van der Waals surface area contributed by atoms with Crippen molar-refractivity contribution in [2.75, 3.05) is 13.2 Å². The second kappa shape index (κ2) is 11.4. The summed E-state index contributed by atoms with van der Waals surface area (Å²) in [5.74, 6) is -0.138. The zero-order chi connectivity index (χ0) is 25.7. The van der Waals surface area contributed by atoms with Gasteiger partial charge < -0.3 is 9.16 Å². The second-order valence-electron chi connectivity index (χ2n) is 11.6. The molecule has 1 aromatic carbocycles. The van der Waals surface area contributed by atoms with Gasteiger partial charge in [-0.15, -0.1) is 0 Å². The summed E-state index contributed by atoms with van der Waals surface area (Å²) < 4.78 is 12.3. The maximum Gasteiger partial charge on any atom is 0.307 e. The number of ether oxygens (including phenoxy) is 1. The molecule has 6 heteroatoms. The van der Waals surface area contributed by atoms with Crippen molar-refractivity contribution in [2.24, 2.45) is 0 Å². The fraction of sp³-hybridized carbons (Fsp3) is 0.655. The Morgan fingerprint density at radius 3 is 2.57 bits per heavy atom. The van der Waals surface area contributed by atoms with E-state index in [1.54, 1.807) is 6.08 Å². The normalized spacial score (nSPS) is 25.5. The van der Waals surface area contributed by atoms with Crippen LogP contribution in [0.4, 0.5) is 0 Å². The number of hydrogen-bond donors (Lipinski definition) is 0. The Morgan fingerprint density at radius 1 is 1.26 bits per heavy atom. The van der Waals surface area contributed by atoms with Crippen molar-refractivity contribution in [3.05, 3.63) is 47.5 Å². The summed E-state index contributed by atoms with van der Waals surface area (Å²) in [6.45, 7) is 14.3. The van der Waals surface area contributed by atoms with E-state index in [2.05, 4.69) is 69.1 Å². The molecule has 1 heterocycles. The summed E-state index contributed by atoms with van der Waals surface area (Å²) in [7, 11) is -2.00. The molecular weight excluding hydrogens is 452 g/mol. The van der Waals surface area contributed by atoms with Gasteiger partial charge in [-0.05, 0) is 74.7 Å². The molecule has 2 aliphatic rings. The first-order chi connectivity index (χ1) is 16.6. The largest absolute Gasteiger partial charge is 0.466 e. The number of nitriles is 1. The Bertz CT molecular complexity index is 931. The molecule has 5 nitrogen and oxygen atoms in total. The van der Waals surface area contributed by atoms with Crippen molar-refractivity contribution in [2.45, 2.75) is 108 Å². The van der Waals surface area contributed by atoms with Gasteiger partial charge in [0.25, 0.3) is 0 Å². The Hall–Kier alpha value is -1.94. The van der Waals surface area contributed by atoms with Crippen LogP contribution in [0.25, 0.3) is 0 Å². The molecule has 2 fully saturated rings. The highest BCUT2D eigenvalue weighted by atomic mass is 28.4. The van der Waals surface area contributed by atoms with E-state index in [1.165, 1.54) is 11.1 Å². The minimum atomic E-state index is -2.00. The van der Waals surface area contributed by atoms with Crippen LogP contribution in [0.5, 0.6) is 0 Å². The van der Waals surface area contributed by atoms with Gasteiger partial charge in [0.2, 0.25) is 0 Å². The first-order valence-electron chi connectivity index (χ1n) is 13.3. The molecule has 0 amide bonds. The summed E-state index contributed by atoms with van der Waals surface area (Å²) in [5, 5.41) is 9.73. The average molecular weight is 497 g/mol. The second-order valence-corrected chi connectivity index (χ2v) is 16.5. The Balaban J connectivity index is 2.09. The third-order valence-electron chi connectivity index (χ3n) is 8.52. The number of piperidine rings is 1. The van der Waals surface area contributed by atoms with Crippen molar-refractivity contribution < 1.29 is 14.0 Å². The van der Waals surface area contributed by atoms with Crippen LogP contribution in [0.3, 0.4) is 0 Å². The third-order valence-corrected chi connectivity index (χ3v) is 13.0. The van der Waals surface area contributed by atoms with Gasteiger partial charge >= 0.3 is 5.97 Å². The Kier molecular flexibility index (Phi) is 9.01. The lowest BCUT2D eigenvalue weighted by Crippen LogP contribution is -2.59. The van der Waals surface area contributed by atoms with Gasteiger partial charge in [0.1, 0.15) is 0 Å². The molecule has 1 aliphatic carbocycles. The average Bonchev–Trinajstić information content (AvgIpc) is 3.18. The first kappa shape index (κ1) is 27.6. The summed E-state index contributed by atoms with van der Waals surface area (Å²) in [6.07, 6.45) is 8.20.